The number of nitrogens with zero attached hydrogens (tertiary/aromatic N) is 1. The fraction of sp³-hybridized carbons (Fsp3) is 0.737. The normalized spacial score (nSPS) is 16.4. The van der Waals surface area contributed by atoms with E-state index in [-0.39, 0.29) is 24.2 Å². The van der Waals surface area contributed by atoms with Gasteiger partial charge < -0.3 is 32.1 Å². The third-order valence-electron chi connectivity index (χ3n) is 5.08. The van der Waals surface area contributed by atoms with Crippen molar-refractivity contribution in [2.45, 2.75) is 64.0 Å². The Morgan fingerprint density at radius 3 is 2.20 bits per heavy atom. The minimum absolute atomic E-state index is 0.00358. The molecule has 2 atom stereocenters. The molecule has 7 N–H and O–H groups in total. The molecule has 0 unspecified atom stereocenters. The highest BCUT2D eigenvalue weighted by molar-refractivity contribution is 5.90. The molecule has 1 aliphatic rings. The van der Waals surface area contributed by atoms with Crippen molar-refractivity contribution in [2.75, 3.05) is 19.6 Å². The van der Waals surface area contributed by atoms with Crippen molar-refractivity contribution in [3.05, 3.63) is 0 Å². The Morgan fingerprint density at radius 2 is 1.70 bits per heavy atom. The second-order valence-corrected chi connectivity index (χ2v) is 7.63. The lowest BCUT2D eigenvalue weighted by atomic mass is 9.92. The number of hydrogen-bond acceptors (Lipinski definition) is 6. The van der Waals surface area contributed by atoms with Crippen LogP contribution >= 0.6 is 0 Å². The fourth-order valence-electron chi connectivity index (χ4n) is 3.49. The number of rotatable bonds is 12. The molecule has 1 saturated heterocycles. The summed E-state index contributed by atoms with van der Waals surface area (Å²) >= 11 is 0. The maximum absolute atomic E-state index is 12.8. The Kier molecular flexibility index (Phi) is 10.8. The summed E-state index contributed by atoms with van der Waals surface area (Å²) in [4.78, 5) is 60.1. The molecule has 11 nitrogen and oxygen atoms in total. The van der Waals surface area contributed by atoms with E-state index in [1.165, 1.54) is 6.92 Å². The van der Waals surface area contributed by atoms with E-state index in [2.05, 4.69) is 10.6 Å². The number of likely N-dealkylation sites (tertiary alicyclic amines) is 1. The van der Waals surface area contributed by atoms with Gasteiger partial charge in [0.05, 0.1) is 6.42 Å². The predicted octanol–water partition coefficient (Wildman–Crippen LogP) is -1.31. The molecule has 170 valence electrons. The van der Waals surface area contributed by atoms with Gasteiger partial charge in [0, 0.05) is 26.4 Å². The van der Waals surface area contributed by atoms with Crippen LogP contribution in [-0.2, 0) is 24.0 Å². The monoisotopic (exact) mass is 427 g/mol. The summed E-state index contributed by atoms with van der Waals surface area (Å²) in [6.45, 7) is 2.81. The van der Waals surface area contributed by atoms with Crippen molar-refractivity contribution in [1.82, 2.24) is 15.5 Å². The molecule has 1 rings (SSSR count). The van der Waals surface area contributed by atoms with Crippen LogP contribution in [0.2, 0.25) is 0 Å². The van der Waals surface area contributed by atoms with Gasteiger partial charge in [-0.05, 0) is 44.6 Å². The van der Waals surface area contributed by atoms with Gasteiger partial charge in [0.15, 0.2) is 0 Å². The lowest BCUT2D eigenvalue weighted by molar-refractivity contribution is -0.140. The zero-order valence-electron chi connectivity index (χ0n) is 17.4. The number of nitrogens with one attached hydrogen (secondary N) is 2. The van der Waals surface area contributed by atoms with Crippen LogP contribution in [0.4, 0.5) is 0 Å². The number of nitrogens with two attached hydrogens (primary N) is 2. The van der Waals surface area contributed by atoms with Gasteiger partial charge in [-0.15, -0.1) is 0 Å². The Balaban J connectivity index is 2.52. The summed E-state index contributed by atoms with van der Waals surface area (Å²) in [7, 11) is 0. The van der Waals surface area contributed by atoms with Crippen LogP contribution in [0.15, 0.2) is 0 Å². The molecule has 1 heterocycles. The number of carbonyl (C=O) groups excluding carboxylic acids is 4. The van der Waals surface area contributed by atoms with Crippen molar-refractivity contribution in [1.29, 1.82) is 0 Å². The van der Waals surface area contributed by atoms with Crippen molar-refractivity contribution in [3.8, 4) is 0 Å². The highest BCUT2D eigenvalue weighted by Gasteiger charge is 2.30. The summed E-state index contributed by atoms with van der Waals surface area (Å²) < 4.78 is 0. The van der Waals surface area contributed by atoms with Crippen LogP contribution in [0.5, 0.6) is 0 Å². The molecule has 0 bridgehead atoms. The van der Waals surface area contributed by atoms with E-state index in [9.17, 15) is 24.0 Å². The number of aliphatic carboxylic acids is 1. The second-order valence-electron chi connectivity index (χ2n) is 7.63. The molecule has 11 heteroatoms. The summed E-state index contributed by atoms with van der Waals surface area (Å²) in [6.07, 6.45) is 2.77. The van der Waals surface area contributed by atoms with Crippen molar-refractivity contribution >= 4 is 29.6 Å². The molecule has 0 aromatic rings. The van der Waals surface area contributed by atoms with Gasteiger partial charge in [-0.3, -0.25) is 24.0 Å². The van der Waals surface area contributed by atoms with Gasteiger partial charge in [-0.2, -0.15) is 0 Å². The topological polar surface area (TPSA) is 185 Å². The smallest absolute Gasteiger partial charge is 0.305 e. The largest absolute Gasteiger partial charge is 0.481 e. The second kappa shape index (κ2) is 12.8. The molecule has 0 saturated carbocycles. The fourth-order valence-corrected chi connectivity index (χ4v) is 3.49. The molecule has 0 spiro atoms. The standard InChI is InChI=1S/C19H33N5O6/c1-12(25)22-14(4-2-3-7-20)19(30)24-8-5-13(6-9-24)10-16(26)23-15(18(21)29)11-17(27)28/h13-15H,2-11,20H2,1H3,(H2,21,29)(H,22,25)(H,23,26)(H,27,28)/t14-,15-/m0/s1. The number of amides is 4. The zero-order valence-corrected chi connectivity index (χ0v) is 17.4. The van der Waals surface area contributed by atoms with Crippen LogP contribution in [0.3, 0.4) is 0 Å². The third-order valence-corrected chi connectivity index (χ3v) is 5.08. The number of hydrogen-bond donors (Lipinski definition) is 5. The van der Waals surface area contributed by atoms with Crippen molar-refractivity contribution in [3.63, 3.8) is 0 Å². The summed E-state index contributed by atoms with van der Waals surface area (Å²) in [5.41, 5.74) is 10.6. The van der Waals surface area contributed by atoms with Crippen molar-refractivity contribution in [2.24, 2.45) is 17.4 Å². The number of carboxylic acids is 1. The SMILES string of the molecule is CC(=O)N[C@@H](CCCCN)C(=O)N1CCC(CC(=O)N[C@@H](CC(=O)O)C(N)=O)CC1. The Morgan fingerprint density at radius 1 is 1.07 bits per heavy atom. The van der Waals surface area contributed by atoms with Gasteiger partial charge >= 0.3 is 5.97 Å². The average molecular weight is 428 g/mol. The Labute approximate surface area is 175 Å². The molecule has 0 aliphatic carbocycles. The molecular formula is C19H33N5O6. The van der Waals surface area contributed by atoms with Crippen LogP contribution in [0, 0.1) is 5.92 Å². The minimum atomic E-state index is -1.25. The first kappa shape index (κ1) is 25.3. The number of primary amides is 1. The zero-order chi connectivity index (χ0) is 22.7. The first-order valence-corrected chi connectivity index (χ1v) is 10.2. The van der Waals surface area contributed by atoms with E-state index < -0.39 is 36.3 Å². The van der Waals surface area contributed by atoms with E-state index in [0.717, 1.165) is 12.8 Å². The van der Waals surface area contributed by atoms with Crippen LogP contribution in [-0.4, -0.2) is 71.3 Å². The maximum atomic E-state index is 12.8. The Hall–Kier alpha value is -2.69. The highest BCUT2D eigenvalue weighted by atomic mass is 16.4. The van der Waals surface area contributed by atoms with E-state index in [1.807, 2.05) is 0 Å². The lowest BCUT2D eigenvalue weighted by Crippen LogP contribution is -2.51. The van der Waals surface area contributed by atoms with Gasteiger partial charge in [0.25, 0.3) is 0 Å². The molecule has 0 aromatic heterocycles. The van der Waals surface area contributed by atoms with Crippen molar-refractivity contribution < 1.29 is 29.1 Å². The lowest BCUT2D eigenvalue weighted by Gasteiger charge is -2.34. The van der Waals surface area contributed by atoms with Crippen LogP contribution < -0.4 is 22.1 Å². The van der Waals surface area contributed by atoms with Gasteiger partial charge in [-0.25, -0.2) is 0 Å². The quantitative estimate of drug-likeness (QED) is 0.239. The first-order chi connectivity index (χ1) is 14.1. The molecule has 4 amide bonds. The first-order valence-electron chi connectivity index (χ1n) is 10.2. The number of carbonyl (C=O) groups is 5. The molecule has 1 aliphatic heterocycles. The maximum Gasteiger partial charge on any atom is 0.305 e. The van der Waals surface area contributed by atoms with Crippen LogP contribution in [0.1, 0.15) is 51.9 Å². The van der Waals surface area contributed by atoms with Crippen LogP contribution in [0.25, 0.3) is 0 Å². The minimum Gasteiger partial charge on any atom is -0.481 e. The van der Waals surface area contributed by atoms with E-state index in [4.69, 9.17) is 16.6 Å². The molecule has 0 radical (unpaired) electrons. The highest BCUT2D eigenvalue weighted by Crippen LogP contribution is 2.21. The predicted molar refractivity (Wildman–Crippen MR) is 108 cm³/mol. The summed E-state index contributed by atoms with van der Waals surface area (Å²) in [5.74, 6) is -2.97. The summed E-state index contributed by atoms with van der Waals surface area (Å²) in [5, 5.41) is 13.9. The number of unbranched alkanes of at least 4 members (excludes halogenated alkanes) is 1. The number of piperidine rings is 1. The molecule has 1 fully saturated rings. The summed E-state index contributed by atoms with van der Waals surface area (Å²) in [6, 6.07) is -1.83. The van der Waals surface area contributed by atoms with E-state index >= 15 is 0 Å². The van der Waals surface area contributed by atoms with Gasteiger partial charge in [0.1, 0.15) is 12.1 Å². The van der Waals surface area contributed by atoms with E-state index in [0.29, 0.717) is 38.9 Å². The average Bonchev–Trinajstić information content (AvgIpc) is 2.66. The molecule has 0 aromatic carbocycles. The molecular weight excluding hydrogens is 394 g/mol. The van der Waals surface area contributed by atoms with Gasteiger partial charge in [-0.1, -0.05) is 0 Å². The van der Waals surface area contributed by atoms with E-state index in [1.54, 1.807) is 4.90 Å². The molecule has 30 heavy (non-hydrogen) atoms. The third kappa shape index (κ3) is 9.21. The van der Waals surface area contributed by atoms with Gasteiger partial charge in [0.2, 0.25) is 23.6 Å². The number of carboxylic acid groups (broad SMARTS) is 1. The Bertz CT molecular complexity index is 633.